The van der Waals surface area contributed by atoms with Crippen LogP contribution in [0.3, 0.4) is 0 Å². The molecule has 0 amide bonds. The highest BCUT2D eigenvalue weighted by molar-refractivity contribution is 7.88. The fourth-order valence-electron chi connectivity index (χ4n) is 3.28. The fourth-order valence-corrected chi connectivity index (χ4v) is 20.0. The summed E-state index contributed by atoms with van der Waals surface area (Å²) in [4.78, 5) is 0. The lowest BCUT2D eigenvalue weighted by molar-refractivity contribution is 0.145. The predicted octanol–water partition coefficient (Wildman–Crippen LogP) is 8.35. The lowest BCUT2D eigenvalue weighted by atomic mass is 10.5. The van der Waals surface area contributed by atoms with Crippen LogP contribution in [0.25, 0.3) is 0 Å². The standard InChI is InChI=1S/C21H48O10P4/c1-16(2)26-33(23,27-17(3)4)13-32(22,14-34(24,28-18(5)6)29-19(7)8)15-35(25,30-20(9)10)31-21(11)12/h16-21H,13-15H2,1-12H3. The van der Waals surface area contributed by atoms with E-state index in [2.05, 4.69) is 0 Å². The van der Waals surface area contributed by atoms with Gasteiger partial charge >= 0.3 is 22.8 Å². The smallest absolute Gasteiger partial charge is 0.322 e. The normalized spacial score (nSPS) is 14.5. The highest BCUT2D eigenvalue weighted by Crippen LogP contribution is 2.75. The Balaban J connectivity index is 6.70. The first-order valence-electron chi connectivity index (χ1n) is 12.1. The Bertz CT molecular complexity index is 676. The number of rotatable bonds is 18. The maximum atomic E-state index is 14.6. The van der Waals surface area contributed by atoms with E-state index in [1.165, 1.54) is 0 Å². The molecule has 14 heteroatoms. The summed E-state index contributed by atoms with van der Waals surface area (Å²) in [6.45, 7) is 20.1. The summed E-state index contributed by atoms with van der Waals surface area (Å²) < 4.78 is 89.5. The minimum absolute atomic E-state index is 0.510. The van der Waals surface area contributed by atoms with Crippen molar-refractivity contribution < 1.29 is 45.4 Å². The molecular formula is C21H48O10P4. The summed E-state index contributed by atoms with van der Waals surface area (Å²) in [5, 5.41) is 0. The molecule has 0 fully saturated rings. The lowest BCUT2D eigenvalue weighted by Crippen LogP contribution is -2.17. The molecule has 0 aromatic carbocycles. The molecule has 0 atom stereocenters. The zero-order chi connectivity index (χ0) is 27.8. The average Bonchev–Trinajstić information content (AvgIpc) is 2.46. The third kappa shape index (κ3) is 15.6. The number of hydrogen-bond donors (Lipinski definition) is 0. The summed E-state index contributed by atoms with van der Waals surface area (Å²) in [5.41, 5.74) is 0. The van der Waals surface area contributed by atoms with Crippen molar-refractivity contribution in [3.8, 4) is 0 Å². The molecule has 0 unspecified atom stereocenters. The van der Waals surface area contributed by atoms with Crippen LogP contribution in [0.1, 0.15) is 83.1 Å². The van der Waals surface area contributed by atoms with Gasteiger partial charge in [-0.05, 0) is 83.1 Å². The van der Waals surface area contributed by atoms with E-state index < -0.39 is 84.3 Å². The third-order valence-corrected chi connectivity index (χ3v) is 18.3. The van der Waals surface area contributed by atoms with Gasteiger partial charge in [-0.2, -0.15) is 0 Å². The SMILES string of the molecule is CC(C)OP(=O)(CP(=O)(CP(=O)(OC(C)C)OC(C)C)CP(=O)(OC(C)C)OC(C)C)OC(C)C. The molecule has 0 saturated carbocycles. The van der Waals surface area contributed by atoms with Gasteiger partial charge in [0.1, 0.15) is 24.9 Å². The van der Waals surface area contributed by atoms with Crippen molar-refractivity contribution in [2.24, 2.45) is 0 Å². The Kier molecular flexibility index (Phi) is 15.0. The first kappa shape index (κ1) is 35.7. The van der Waals surface area contributed by atoms with Crippen LogP contribution in [0, 0.1) is 0 Å². The molecule has 0 bridgehead atoms. The van der Waals surface area contributed by atoms with Crippen LogP contribution >= 0.6 is 29.9 Å². The Morgan fingerprint density at radius 3 is 0.629 bits per heavy atom. The van der Waals surface area contributed by atoms with Crippen LogP contribution in [0.15, 0.2) is 0 Å². The molecule has 0 aliphatic heterocycles. The lowest BCUT2D eigenvalue weighted by Gasteiger charge is -2.32. The van der Waals surface area contributed by atoms with E-state index in [0.29, 0.717) is 0 Å². The third-order valence-electron chi connectivity index (χ3n) is 3.52. The molecule has 0 rings (SSSR count). The molecule has 0 saturated heterocycles. The highest BCUT2D eigenvalue weighted by atomic mass is 31.3. The second kappa shape index (κ2) is 14.7. The Morgan fingerprint density at radius 2 is 0.514 bits per heavy atom. The summed E-state index contributed by atoms with van der Waals surface area (Å²) in [6, 6.07) is 0. The zero-order valence-electron chi connectivity index (χ0n) is 23.5. The van der Waals surface area contributed by atoms with E-state index in [1.807, 2.05) is 0 Å². The van der Waals surface area contributed by atoms with E-state index in [0.717, 1.165) is 0 Å². The van der Waals surface area contributed by atoms with Crippen LogP contribution in [-0.2, 0) is 45.4 Å². The largest absolute Gasteiger partial charge is 0.338 e. The van der Waals surface area contributed by atoms with Gasteiger partial charge < -0.3 is 31.7 Å². The van der Waals surface area contributed by atoms with Gasteiger partial charge in [-0.15, -0.1) is 0 Å². The molecule has 10 nitrogen and oxygen atoms in total. The second-order valence-electron chi connectivity index (χ2n) is 10.2. The Labute approximate surface area is 212 Å². The molecule has 0 radical (unpaired) electrons. The van der Waals surface area contributed by atoms with Crippen LogP contribution in [0.5, 0.6) is 0 Å². The molecular weight excluding hydrogens is 536 g/mol. The molecule has 0 aromatic heterocycles. The fraction of sp³-hybridized carbons (Fsp3) is 1.00. The van der Waals surface area contributed by atoms with Gasteiger partial charge in [-0.3, -0.25) is 13.7 Å². The van der Waals surface area contributed by atoms with Gasteiger partial charge in [0, 0.05) is 0 Å². The van der Waals surface area contributed by atoms with Crippen LogP contribution in [0.2, 0.25) is 0 Å². The van der Waals surface area contributed by atoms with E-state index in [1.54, 1.807) is 83.1 Å². The van der Waals surface area contributed by atoms with Crippen molar-refractivity contribution >= 4 is 29.9 Å². The van der Waals surface area contributed by atoms with Gasteiger partial charge in [-0.1, -0.05) is 0 Å². The Morgan fingerprint density at radius 1 is 0.371 bits per heavy atom. The number of hydrogen-bond acceptors (Lipinski definition) is 10. The van der Waals surface area contributed by atoms with E-state index in [9.17, 15) is 18.3 Å². The van der Waals surface area contributed by atoms with Crippen molar-refractivity contribution in [2.45, 2.75) is 120 Å². The van der Waals surface area contributed by atoms with E-state index >= 15 is 0 Å². The molecule has 35 heavy (non-hydrogen) atoms. The molecule has 0 aliphatic rings. The average molecular weight is 585 g/mol. The van der Waals surface area contributed by atoms with E-state index in [-0.39, 0.29) is 0 Å². The van der Waals surface area contributed by atoms with Crippen molar-refractivity contribution in [1.82, 2.24) is 0 Å². The molecule has 212 valence electrons. The monoisotopic (exact) mass is 584 g/mol. The van der Waals surface area contributed by atoms with Gasteiger partial charge in [0.25, 0.3) is 0 Å². The quantitative estimate of drug-likeness (QED) is 0.145. The van der Waals surface area contributed by atoms with Gasteiger partial charge in [0.15, 0.2) is 0 Å². The van der Waals surface area contributed by atoms with Crippen molar-refractivity contribution in [1.29, 1.82) is 0 Å². The second-order valence-corrected chi connectivity index (χ2v) is 20.7. The minimum atomic E-state index is -3.99. The molecule has 0 spiro atoms. The summed E-state index contributed by atoms with van der Waals surface area (Å²) >= 11 is 0. The van der Waals surface area contributed by atoms with Crippen LogP contribution < -0.4 is 0 Å². The zero-order valence-corrected chi connectivity index (χ0v) is 27.0. The topological polar surface area (TPSA) is 124 Å². The maximum Gasteiger partial charge on any atom is 0.338 e. The van der Waals surface area contributed by atoms with E-state index in [4.69, 9.17) is 27.1 Å². The predicted molar refractivity (Wildman–Crippen MR) is 142 cm³/mol. The minimum Gasteiger partial charge on any atom is -0.322 e. The van der Waals surface area contributed by atoms with Crippen molar-refractivity contribution in [3.63, 3.8) is 0 Å². The first-order valence-corrected chi connectivity index (χ1v) is 19.5. The molecule has 0 N–H and O–H groups in total. The first-order chi connectivity index (χ1) is 15.6. The van der Waals surface area contributed by atoms with Crippen molar-refractivity contribution in [3.05, 3.63) is 0 Å². The summed E-state index contributed by atoms with van der Waals surface area (Å²) in [5.74, 6) is -1.84. The van der Waals surface area contributed by atoms with Crippen molar-refractivity contribution in [2.75, 3.05) is 17.7 Å². The Hall–Kier alpha value is 0.680. The maximum absolute atomic E-state index is 14.6. The van der Waals surface area contributed by atoms with Gasteiger partial charge in [-0.25, -0.2) is 0 Å². The van der Waals surface area contributed by atoms with Crippen LogP contribution in [0.4, 0.5) is 0 Å². The van der Waals surface area contributed by atoms with Gasteiger partial charge in [0.05, 0.1) is 36.6 Å². The highest BCUT2D eigenvalue weighted by Gasteiger charge is 2.49. The van der Waals surface area contributed by atoms with Gasteiger partial charge in [0.2, 0.25) is 0 Å². The molecule has 0 aromatic rings. The van der Waals surface area contributed by atoms with Crippen LogP contribution in [-0.4, -0.2) is 54.3 Å². The molecule has 0 heterocycles. The molecule has 0 aliphatic carbocycles. The summed E-state index contributed by atoms with van der Waals surface area (Å²) in [6.07, 6.45) is -3.06. The summed E-state index contributed by atoms with van der Waals surface area (Å²) in [7, 11) is -15.9.